The molecule has 1 N–H and O–H groups in total. The zero-order chi connectivity index (χ0) is 15.5. The normalized spacial score (nSPS) is 15.8. The summed E-state index contributed by atoms with van der Waals surface area (Å²) < 4.78 is 1.90. The van der Waals surface area contributed by atoms with Gasteiger partial charge in [-0.2, -0.15) is 10.2 Å². The molecule has 1 saturated heterocycles. The number of nitrogens with one attached hydrogen (secondary N) is 1. The van der Waals surface area contributed by atoms with Crippen molar-refractivity contribution in [3.05, 3.63) is 39.4 Å². The Morgan fingerprint density at radius 3 is 2.82 bits per heavy atom. The molecule has 0 unspecified atom stereocenters. The van der Waals surface area contributed by atoms with Crippen molar-refractivity contribution in [2.24, 2.45) is 7.05 Å². The summed E-state index contributed by atoms with van der Waals surface area (Å²) in [5.74, 6) is 0.803. The van der Waals surface area contributed by atoms with Crippen molar-refractivity contribution in [3.63, 3.8) is 0 Å². The summed E-state index contributed by atoms with van der Waals surface area (Å²) in [4.78, 5) is 14.1. The molecule has 3 rings (SSSR count). The molecule has 1 fully saturated rings. The number of rotatable bonds is 3. The van der Waals surface area contributed by atoms with Crippen LogP contribution >= 0.6 is 15.9 Å². The van der Waals surface area contributed by atoms with E-state index in [1.54, 1.807) is 19.4 Å². The fourth-order valence-corrected chi connectivity index (χ4v) is 3.18. The maximum Gasteiger partial charge on any atom is 0.282 e. The molecule has 0 saturated carbocycles. The molecule has 1 aliphatic rings. The molecule has 0 spiro atoms. The smallest absolute Gasteiger partial charge is 0.282 e. The molecule has 0 bridgehead atoms. The molecule has 2 aromatic rings. The van der Waals surface area contributed by atoms with Crippen LogP contribution in [0.4, 0.5) is 11.5 Å². The van der Waals surface area contributed by atoms with Crippen LogP contribution in [0.25, 0.3) is 0 Å². The molecule has 0 atom stereocenters. The maximum atomic E-state index is 11.9. The molecule has 116 valence electrons. The molecule has 0 aromatic carbocycles. The van der Waals surface area contributed by atoms with Gasteiger partial charge in [-0.15, -0.1) is 5.10 Å². The van der Waals surface area contributed by atoms with Gasteiger partial charge in [-0.3, -0.25) is 4.79 Å². The molecular formula is C14H17BrN6O. The molecule has 7 nitrogen and oxygen atoms in total. The van der Waals surface area contributed by atoms with Crippen LogP contribution in [0.15, 0.2) is 33.8 Å². The van der Waals surface area contributed by atoms with Crippen LogP contribution in [-0.4, -0.2) is 39.1 Å². The van der Waals surface area contributed by atoms with E-state index in [9.17, 15) is 4.79 Å². The predicted octanol–water partition coefficient (Wildman–Crippen LogP) is 1.41. The number of aryl methyl sites for hydroxylation is 1. The summed E-state index contributed by atoms with van der Waals surface area (Å²) in [6.07, 6.45) is 5.34. The topological polar surface area (TPSA) is 75.9 Å². The summed E-state index contributed by atoms with van der Waals surface area (Å²) in [5.41, 5.74) is 0.748. The van der Waals surface area contributed by atoms with Crippen LogP contribution in [0.5, 0.6) is 0 Å². The van der Waals surface area contributed by atoms with Gasteiger partial charge in [0.15, 0.2) is 0 Å². The minimum atomic E-state index is -0.114. The molecule has 1 aliphatic heterocycles. The SMILES string of the molecule is Cn1ncc(N2CCC(Nc3cccnn3)CC2)c(Br)c1=O. The Kier molecular flexibility index (Phi) is 4.37. The first-order valence-electron chi connectivity index (χ1n) is 7.16. The zero-order valence-corrected chi connectivity index (χ0v) is 13.8. The Balaban J connectivity index is 1.65. The van der Waals surface area contributed by atoms with E-state index >= 15 is 0 Å². The van der Waals surface area contributed by atoms with Gasteiger partial charge >= 0.3 is 0 Å². The minimum Gasteiger partial charge on any atom is -0.369 e. The summed E-state index contributed by atoms with van der Waals surface area (Å²) in [6.45, 7) is 1.73. The predicted molar refractivity (Wildman–Crippen MR) is 88.1 cm³/mol. The summed E-state index contributed by atoms with van der Waals surface area (Å²) >= 11 is 3.39. The lowest BCUT2D eigenvalue weighted by Gasteiger charge is -2.34. The lowest BCUT2D eigenvalue weighted by molar-refractivity contribution is 0.522. The molecule has 22 heavy (non-hydrogen) atoms. The summed E-state index contributed by atoms with van der Waals surface area (Å²) in [7, 11) is 1.65. The first-order chi connectivity index (χ1) is 10.6. The van der Waals surface area contributed by atoms with Gasteiger partial charge < -0.3 is 10.2 Å². The van der Waals surface area contributed by atoms with Crippen molar-refractivity contribution in [2.75, 3.05) is 23.3 Å². The second-order valence-corrected chi connectivity index (χ2v) is 6.08. The zero-order valence-electron chi connectivity index (χ0n) is 12.2. The highest BCUT2D eigenvalue weighted by atomic mass is 79.9. The Morgan fingerprint density at radius 1 is 1.36 bits per heavy atom. The van der Waals surface area contributed by atoms with Crippen LogP contribution in [-0.2, 0) is 7.05 Å². The third-order valence-electron chi connectivity index (χ3n) is 3.82. The van der Waals surface area contributed by atoms with Gasteiger partial charge in [0.05, 0.1) is 11.9 Å². The van der Waals surface area contributed by atoms with Gasteiger partial charge in [0.2, 0.25) is 0 Å². The third kappa shape index (κ3) is 3.11. The first-order valence-corrected chi connectivity index (χ1v) is 7.95. The molecular weight excluding hydrogens is 348 g/mol. The first kappa shape index (κ1) is 15.0. The molecule has 3 heterocycles. The fourth-order valence-electron chi connectivity index (χ4n) is 2.57. The second kappa shape index (κ2) is 6.43. The van der Waals surface area contributed by atoms with E-state index in [0.717, 1.165) is 37.4 Å². The quantitative estimate of drug-likeness (QED) is 0.887. The Bertz CT molecular complexity index is 696. The number of hydrogen-bond acceptors (Lipinski definition) is 6. The third-order valence-corrected chi connectivity index (χ3v) is 4.57. The highest BCUT2D eigenvalue weighted by Crippen LogP contribution is 2.25. The number of hydrogen-bond donors (Lipinski definition) is 1. The highest BCUT2D eigenvalue weighted by molar-refractivity contribution is 9.10. The monoisotopic (exact) mass is 364 g/mol. The summed E-state index contributed by atoms with van der Waals surface area (Å²) in [6, 6.07) is 4.15. The number of aromatic nitrogens is 4. The van der Waals surface area contributed by atoms with E-state index in [2.05, 4.69) is 41.4 Å². The van der Waals surface area contributed by atoms with Crippen molar-refractivity contribution in [1.29, 1.82) is 0 Å². The lowest BCUT2D eigenvalue weighted by atomic mass is 10.0. The second-order valence-electron chi connectivity index (χ2n) is 5.29. The Labute approximate surface area is 136 Å². The van der Waals surface area contributed by atoms with Crippen molar-refractivity contribution in [1.82, 2.24) is 20.0 Å². The van der Waals surface area contributed by atoms with Crippen molar-refractivity contribution in [2.45, 2.75) is 18.9 Å². The van der Waals surface area contributed by atoms with E-state index < -0.39 is 0 Å². The number of halogens is 1. The maximum absolute atomic E-state index is 11.9. The molecule has 8 heteroatoms. The van der Waals surface area contributed by atoms with E-state index in [1.807, 2.05) is 12.1 Å². The molecule has 0 radical (unpaired) electrons. The van der Waals surface area contributed by atoms with Gasteiger partial charge in [0.25, 0.3) is 5.56 Å². The molecule has 0 amide bonds. The highest BCUT2D eigenvalue weighted by Gasteiger charge is 2.22. The molecule has 2 aromatic heterocycles. The lowest BCUT2D eigenvalue weighted by Crippen LogP contribution is -2.40. The van der Waals surface area contributed by atoms with Gasteiger partial charge in [0.1, 0.15) is 10.3 Å². The average Bonchev–Trinajstić information content (AvgIpc) is 2.55. The van der Waals surface area contributed by atoms with Crippen molar-refractivity contribution < 1.29 is 0 Å². The van der Waals surface area contributed by atoms with Crippen LogP contribution in [0.1, 0.15) is 12.8 Å². The van der Waals surface area contributed by atoms with Crippen molar-refractivity contribution >= 4 is 27.4 Å². The average molecular weight is 365 g/mol. The van der Waals surface area contributed by atoms with E-state index in [0.29, 0.717) is 10.5 Å². The van der Waals surface area contributed by atoms with Crippen LogP contribution in [0.2, 0.25) is 0 Å². The van der Waals surface area contributed by atoms with Crippen LogP contribution in [0, 0.1) is 0 Å². The number of piperidine rings is 1. The standard InChI is InChI=1S/C14H17BrN6O/c1-20-14(22)13(15)11(9-17-20)21-7-4-10(5-8-21)18-12-3-2-6-16-19-12/h2-3,6,9-10H,4-5,7-8H2,1H3,(H,18,19). The Morgan fingerprint density at radius 2 is 2.14 bits per heavy atom. The summed E-state index contributed by atoms with van der Waals surface area (Å²) in [5, 5.41) is 15.4. The van der Waals surface area contributed by atoms with Gasteiger partial charge in [-0.25, -0.2) is 4.68 Å². The van der Waals surface area contributed by atoms with Gasteiger partial charge in [-0.1, -0.05) is 0 Å². The van der Waals surface area contributed by atoms with Gasteiger partial charge in [0, 0.05) is 32.4 Å². The number of nitrogens with zero attached hydrogens (tertiary/aromatic N) is 5. The van der Waals surface area contributed by atoms with Gasteiger partial charge in [-0.05, 0) is 40.9 Å². The fraction of sp³-hybridized carbons (Fsp3) is 0.429. The minimum absolute atomic E-state index is 0.114. The van der Waals surface area contributed by atoms with E-state index in [4.69, 9.17) is 0 Å². The van der Waals surface area contributed by atoms with Crippen LogP contribution in [0.3, 0.4) is 0 Å². The van der Waals surface area contributed by atoms with E-state index in [-0.39, 0.29) is 5.56 Å². The Hall–Kier alpha value is -1.96. The van der Waals surface area contributed by atoms with Crippen molar-refractivity contribution in [3.8, 4) is 0 Å². The van der Waals surface area contributed by atoms with Crippen LogP contribution < -0.4 is 15.8 Å². The van der Waals surface area contributed by atoms with E-state index in [1.165, 1.54) is 4.68 Å². The number of anilines is 2. The largest absolute Gasteiger partial charge is 0.369 e. The molecule has 0 aliphatic carbocycles.